The molecule has 25 heavy (non-hydrogen) atoms. The molecule has 0 bridgehead atoms. The Balaban J connectivity index is 1.54. The number of pyridine rings is 1. The molecule has 1 aliphatic rings. The van der Waals surface area contributed by atoms with Crippen molar-refractivity contribution in [3.05, 3.63) is 47.8 Å². The first kappa shape index (κ1) is 17.2. The molecule has 8 heteroatoms. The summed E-state index contributed by atoms with van der Waals surface area (Å²) in [5.41, 5.74) is 0.746. The van der Waals surface area contributed by atoms with Gasteiger partial charge in [0.05, 0.1) is 26.0 Å². The van der Waals surface area contributed by atoms with Crippen LogP contribution in [0.4, 0.5) is 10.2 Å². The van der Waals surface area contributed by atoms with Crippen LogP contribution in [0.25, 0.3) is 0 Å². The smallest absolute Gasteiger partial charge is 0.191 e. The minimum absolute atomic E-state index is 0.320. The zero-order chi connectivity index (χ0) is 17.5. The second-order valence-electron chi connectivity index (χ2n) is 5.61. The highest BCUT2D eigenvalue weighted by Gasteiger charge is 2.16. The monoisotopic (exact) mass is 347 g/mol. The summed E-state index contributed by atoms with van der Waals surface area (Å²) >= 11 is 0. The number of hydrogen-bond donors (Lipinski definition) is 2. The highest BCUT2D eigenvalue weighted by molar-refractivity contribution is 5.79. The quantitative estimate of drug-likeness (QED) is 0.631. The number of hydrogen-bond acceptors (Lipinski definition) is 5. The predicted octanol–water partition coefficient (Wildman–Crippen LogP) is 1.52. The van der Waals surface area contributed by atoms with Crippen molar-refractivity contribution in [2.75, 3.05) is 38.3 Å². The minimum Gasteiger partial charge on any atom is -0.467 e. The van der Waals surface area contributed by atoms with Gasteiger partial charge in [-0.25, -0.2) is 9.37 Å². The van der Waals surface area contributed by atoms with Gasteiger partial charge in [-0.1, -0.05) is 0 Å². The number of morpholine rings is 1. The molecule has 0 saturated carbocycles. The van der Waals surface area contributed by atoms with Gasteiger partial charge in [0.25, 0.3) is 0 Å². The van der Waals surface area contributed by atoms with Gasteiger partial charge in [-0.3, -0.25) is 4.99 Å². The Morgan fingerprint density at radius 2 is 2.12 bits per heavy atom. The van der Waals surface area contributed by atoms with Gasteiger partial charge >= 0.3 is 0 Å². The third kappa shape index (κ3) is 4.69. The van der Waals surface area contributed by atoms with Crippen molar-refractivity contribution in [3.8, 4) is 0 Å². The second-order valence-corrected chi connectivity index (χ2v) is 5.61. The van der Waals surface area contributed by atoms with Crippen LogP contribution in [0.15, 0.2) is 40.1 Å². The van der Waals surface area contributed by atoms with Gasteiger partial charge < -0.3 is 24.7 Å². The molecule has 2 aromatic rings. The van der Waals surface area contributed by atoms with E-state index in [1.807, 2.05) is 17.0 Å². The minimum atomic E-state index is -0.320. The lowest BCUT2D eigenvalue weighted by Crippen LogP contribution is -2.37. The molecule has 134 valence electrons. The number of furan rings is 1. The van der Waals surface area contributed by atoms with Gasteiger partial charge in [-0.2, -0.15) is 0 Å². The maximum atomic E-state index is 14.3. The standard InChI is InChI=1S/C17H22FN5O2/c1-19-17(22-12-14-3-2-6-25-14)21-11-13-9-15(18)16(20-10-13)23-4-7-24-8-5-23/h2-3,6,9-10H,4-5,7-8,11-12H2,1H3,(H2,19,21,22). The van der Waals surface area contributed by atoms with Crippen molar-refractivity contribution >= 4 is 11.8 Å². The first-order valence-corrected chi connectivity index (χ1v) is 8.20. The highest BCUT2D eigenvalue weighted by atomic mass is 19.1. The van der Waals surface area contributed by atoms with E-state index in [2.05, 4.69) is 20.6 Å². The number of rotatable bonds is 5. The number of halogens is 1. The predicted molar refractivity (Wildman–Crippen MR) is 93.0 cm³/mol. The fourth-order valence-corrected chi connectivity index (χ4v) is 2.57. The number of aliphatic imine (C=N–C) groups is 1. The Labute approximate surface area is 145 Å². The zero-order valence-corrected chi connectivity index (χ0v) is 14.2. The van der Waals surface area contributed by atoms with Gasteiger partial charge in [0, 0.05) is 32.9 Å². The summed E-state index contributed by atoms with van der Waals surface area (Å²) in [4.78, 5) is 10.3. The van der Waals surface area contributed by atoms with Crippen molar-refractivity contribution in [1.82, 2.24) is 15.6 Å². The highest BCUT2D eigenvalue weighted by Crippen LogP contribution is 2.18. The largest absolute Gasteiger partial charge is 0.467 e. The van der Waals surface area contributed by atoms with Gasteiger partial charge in [-0.05, 0) is 23.8 Å². The van der Waals surface area contributed by atoms with E-state index in [0.717, 1.165) is 11.3 Å². The molecule has 0 aromatic carbocycles. The number of anilines is 1. The molecule has 2 aromatic heterocycles. The molecular formula is C17H22FN5O2. The third-order valence-electron chi connectivity index (χ3n) is 3.88. The average molecular weight is 347 g/mol. The summed E-state index contributed by atoms with van der Waals surface area (Å²) in [6.07, 6.45) is 3.30. The first-order valence-electron chi connectivity index (χ1n) is 8.20. The number of nitrogens with zero attached hydrogens (tertiary/aromatic N) is 3. The van der Waals surface area contributed by atoms with Crippen molar-refractivity contribution in [2.45, 2.75) is 13.1 Å². The van der Waals surface area contributed by atoms with E-state index < -0.39 is 0 Å². The van der Waals surface area contributed by atoms with Crippen LogP contribution in [-0.4, -0.2) is 44.3 Å². The number of nitrogens with one attached hydrogen (secondary N) is 2. The van der Waals surface area contributed by atoms with Crippen LogP contribution in [0.2, 0.25) is 0 Å². The van der Waals surface area contributed by atoms with Crippen LogP contribution in [0.1, 0.15) is 11.3 Å². The molecule has 1 fully saturated rings. The zero-order valence-electron chi connectivity index (χ0n) is 14.2. The molecule has 0 atom stereocenters. The van der Waals surface area contributed by atoms with E-state index in [1.54, 1.807) is 19.5 Å². The Bertz CT molecular complexity index is 699. The lowest BCUT2D eigenvalue weighted by atomic mass is 10.2. The molecule has 3 heterocycles. The van der Waals surface area contributed by atoms with E-state index >= 15 is 0 Å². The molecule has 0 unspecified atom stereocenters. The molecule has 0 radical (unpaired) electrons. The Kier molecular flexibility index (Phi) is 5.84. The van der Waals surface area contributed by atoms with E-state index in [4.69, 9.17) is 9.15 Å². The van der Waals surface area contributed by atoms with Gasteiger partial charge in [0.15, 0.2) is 17.6 Å². The summed E-state index contributed by atoms with van der Waals surface area (Å²) in [5, 5.41) is 6.26. The van der Waals surface area contributed by atoms with Gasteiger partial charge in [0.1, 0.15) is 5.76 Å². The summed E-state index contributed by atoms with van der Waals surface area (Å²) < 4.78 is 24.9. The van der Waals surface area contributed by atoms with Crippen molar-refractivity contribution in [2.24, 2.45) is 4.99 Å². The Hall–Kier alpha value is -2.61. The van der Waals surface area contributed by atoms with Gasteiger partial charge in [0.2, 0.25) is 0 Å². The first-order chi connectivity index (χ1) is 12.3. The molecule has 2 N–H and O–H groups in total. The van der Waals surface area contributed by atoms with Crippen LogP contribution in [0, 0.1) is 5.82 Å². The molecule has 0 amide bonds. The van der Waals surface area contributed by atoms with Crippen LogP contribution in [-0.2, 0) is 17.8 Å². The molecular weight excluding hydrogens is 325 g/mol. The van der Waals surface area contributed by atoms with Crippen LogP contribution in [0.3, 0.4) is 0 Å². The number of aromatic nitrogens is 1. The summed E-state index contributed by atoms with van der Waals surface area (Å²) in [5.74, 6) is 1.48. The summed E-state index contributed by atoms with van der Waals surface area (Å²) in [7, 11) is 1.68. The maximum Gasteiger partial charge on any atom is 0.191 e. The fourth-order valence-electron chi connectivity index (χ4n) is 2.57. The van der Waals surface area contributed by atoms with E-state index in [1.165, 1.54) is 6.07 Å². The normalized spacial score (nSPS) is 15.3. The fraction of sp³-hybridized carbons (Fsp3) is 0.412. The van der Waals surface area contributed by atoms with E-state index in [-0.39, 0.29) is 5.82 Å². The number of ether oxygens (including phenoxy) is 1. The third-order valence-corrected chi connectivity index (χ3v) is 3.88. The van der Waals surface area contributed by atoms with Crippen molar-refractivity contribution in [3.63, 3.8) is 0 Å². The topological polar surface area (TPSA) is 74.9 Å². The molecule has 1 aliphatic heterocycles. The molecule has 0 spiro atoms. The van der Waals surface area contributed by atoms with Crippen LogP contribution >= 0.6 is 0 Å². The Morgan fingerprint density at radius 3 is 2.80 bits per heavy atom. The lowest BCUT2D eigenvalue weighted by molar-refractivity contribution is 0.122. The van der Waals surface area contributed by atoms with E-state index in [0.29, 0.717) is 51.2 Å². The van der Waals surface area contributed by atoms with E-state index in [9.17, 15) is 4.39 Å². The van der Waals surface area contributed by atoms with Crippen molar-refractivity contribution in [1.29, 1.82) is 0 Å². The molecule has 0 aliphatic carbocycles. The van der Waals surface area contributed by atoms with Gasteiger partial charge in [-0.15, -0.1) is 0 Å². The average Bonchev–Trinajstić information content (AvgIpc) is 3.16. The maximum absolute atomic E-state index is 14.3. The van der Waals surface area contributed by atoms with Crippen LogP contribution in [0.5, 0.6) is 0 Å². The Morgan fingerprint density at radius 1 is 1.32 bits per heavy atom. The summed E-state index contributed by atoms with van der Waals surface area (Å²) in [6.45, 7) is 3.46. The molecule has 3 rings (SSSR count). The van der Waals surface area contributed by atoms with Crippen molar-refractivity contribution < 1.29 is 13.5 Å². The number of guanidine groups is 1. The lowest BCUT2D eigenvalue weighted by Gasteiger charge is -2.28. The molecule has 1 saturated heterocycles. The molecule has 7 nitrogen and oxygen atoms in total. The second kappa shape index (κ2) is 8.48. The summed E-state index contributed by atoms with van der Waals surface area (Å²) in [6, 6.07) is 5.21. The van der Waals surface area contributed by atoms with Crippen LogP contribution < -0.4 is 15.5 Å². The SMILES string of the molecule is CN=C(NCc1cnc(N2CCOCC2)c(F)c1)NCc1ccco1.